The molecule has 0 unspecified atom stereocenters. The van der Waals surface area contributed by atoms with Crippen molar-refractivity contribution in [1.82, 2.24) is 10.7 Å². The molecule has 3 rings (SSSR count). The Kier molecular flexibility index (Phi) is 3.81. The molecule has 2 fully saturated rings. The van der Waals surface area contributed by atoms with Crippen LogP contribution in [-0.4, -0.2) is 10.8 Å². The van der Waals surface area contributed by atoms with E-state index in [4.69, 9.17) is 12.2 Å². The van der Waals surface area contributed by atoms with Crippen LogP contribution >= 0.6 is 12.2 Å². The monoisotopic (exact) mass is 329 g/mol. The lowest BCUT2D eigenvalue weighted by atomic mass is 9.83. The van der Waals surface area contributed by atoms with Crippen LogP contribution in [-0.2, 0) is 6.18 Å². The average Bonchev–Trinajstić information content (AvgIpc) is 2.79. The summed E-state index contributed by atoms with van der Waals surface area (Å²) in [6.45, 7) is 2.21. The lowest BCUT2D eigenvalue weighted by molar-refractivity contribution is -0.137. The van der Waals surface area contributed by atoms with Gasteiger partial charge in [-0.25, -0.2) is 5.43 Å². The van der Waals surface area contributed by atoms with E-state index in [1.54, 1.807) is 11.1 Å². The quantitative estimate of drug-likeness (QED) is 0.766. The molecule has 2 N–H and O–H groups in total. The van der Waals surface area contributed by atoms with Crippen LogP contribution in [0.1, 0.15) is 38.2 Å². The lowest BCUT2D eigenvalue weighted by Gasteiger charge is -2.36. The van der Waals surface area contributed by atoms with Crippen LogP contribution in [0.25, 0.3) is 0 Å². The third-order valence-corrected chi connectivity index (χ3v) is 4.72. The lowest BCUT2D eigenvalue weighted by Crippen LogP contribution is -2.53. The molecule has 0 atom stereocenters. The number of hydrogen-bond donors (Lipinski definition) is 2. The van der Waals surface area contributed by atoms with Crippen LogP contribution in [0.4, 0.5) is 18.9 Å². The minimum absolute atomic E-state index is 0.322. The topological polar surface area (TPSA) is 27.3 Å². The third-order valence-electron chi connectivity index (χ3n) is 4.43. The number of benzene rings is 1. The van der Waals surface area contributed by atoms with E-state index in [1.165, 1.54) is 6.07 Å². The summed E-state index contributed by atoms with van der Waals surface area (Å²) in [4.78, 5) is 0. The highest BCUT2D eigenvalue weighted by Gasteiger charge is 2.43. The van der Waals surface area contributed by atoms with E-state index in [1.807, 2.05) is 0 Å². The number of anilines is 1. The van der Waals surface area contributed by atoms with E-state index in [0.717, 1.165) is 37.8 Å². The van der Waals surface area contributed by atoms with Crippen molar-refractivity contribution in [2.45, 2.75) is 44.4 Å². The number of hydrazine groups is 1. The Balaban J connectivity index is 1.83. The SMILES string of the molecule is CC1CCC2(CC1)NC(=S)N(c1cccc(C(F)(F)F)c1)N2. The van der Waals surface area contributed by atoms with Gasteiger partial charge in [-0.3, -0.25) is 5.01 Å². The second-order valence-corrected chi connectivity index (χ2v) is 6.58. The average molecular weight is 329 g/mol. The zero-order chi connectivity index (χ0) is 16.0. The van der Waals surface area contributed by atoms with Gasteiger partial charge in [0.15, 0.2) is 5.11 Å². The van der Waals surface area contributed by atoms with Crippen molar-refractivity contribution in [3.63, 3.8) is 0 Å². The first-order chi connectivity index (χ1) is 10.3. The predicted octanol–water partition coefficient (Wildman–Crippen LogP) is 3.81. The van der Waals surface area contributed by atoms with Gasteiger partial charge in [-0.2, -0.15) is 13.2 Å². The normalized spacial score (nSPS) is 29.0. The van der Waals surface area contributed by atoms with Gasteiger partial charge >= 0.3 is 6.18 Å². The van der Waals surface area contributed by atoms with Crippen molar-refractivity contribution in [2.75, 3.05) is 5.01 Å². The molecule has 1 aliphatic carbocycles. The Bertz CT molecular complexity index is 580. The molecule has 2 aliphatic rings. The van der Waals surface area contributed by atoms with E-state index in [2.05, 4.69) is 17.7 Å². The zero-order valence-electron chi connectivity index (χ0n) is 12.2. The molecule has 0 radical (unpaired) electrons. The number of nitrogens with zero attached hydrogens (tertiary/aromatic N) is 1. The molecule has 1 aromatic rings. The Morgan fingerprint density at radius 2 is 1.95 bits per heavy atom. The molecule has 1 heterocycles. The van der Waals surface area contributed by atoms with Crippen LogP contribution in [0.5, 0.6) is 0 Å². The van der Waals surface area contributed by atoms with Gasteiger partial charge in [0.05, 0.1) is 11.3 Å². The van der Waals surface area contributed by atoms with Gasteiger partial charge in [0, 0.05) is 0 Å². The van der Waals surface area contributed by atoms with Crippen LogP contribution in [0.3, 0.4) is 0 Å². The second-order valence-electron chi connectivity index (χ2n) is 6.19. The highest BCUT2D eigenvalue weighted by atomic mass is 32.1. The minimum atomic E-state index is -4.36. The molecule has 7 heteroatoms. The zero-order valence-corrected chi connectivity index (χ0v) is 13.0. The Morgan fingerprint density at radius 3 is 2.59 bits per heavy atom. The molecule has 120 valence electrons. The van der Waals surface area contributed by atoms with Gasteiger partial charge in [0.25, 0.3) is 0 Å². The smallest absolute Gasteiger partial charge is 0.342 e. The number of hydrogen-bond acceptors (Lipinski definition) is 2. The first kappa shape index (κ1) is 15.6. The highest BCUT2D eigenvalue weighted by Crippen LogP contribution is 2.35. The second kappa shape index (κ2) is 5.38. The van der Waals surface area contributed by atoms with Crippen LogP contribution < -0.4 is 15.8 Å². The fourth-order valence-corrected chi connectivity index (χ4v) is 3.39. The standard InChI is InChI=1S/C15H18F3N3S/c1-10-5-7-14(8-6-10)19-13(22)21(20-14)12-4-2-3-11(9-12)15(16,17)18/h2-4,9-10,20H,5-8H2,1H3,(H,19,22). The van der Waals surface area contributed by atoms with Gasteiger partial charge in [-0.05, 0) is 62.0 Å². The van der Waals surface area contributed by atoms with E-state index in [-0.39, 0.29) is 5.66 Å². The first-order valence-electron chi connectivity index (χ1n) is 7.36. The summed E-state index contributed by atoms with van der Waals surface area (Å²) >= 11 is 5.31. The molecule has 0 bridgehead atoms. The van der Waals surface area contributed by atoms with Crippen LogP contribution in [0.15, 0.2) is 24.3 Å². The van der Waals surface area contributed by atoms with E-state index in [0.29, 0.717) is 16.7 Å². The molecular formula is C15H18F3N3S. The molecule has 0 aromatic heterocycles. The van der Waals surface area contributed by atoms with Crippen molar-refractivity contribution in [2.24, 2.45) is 5.92 Å². The minimum Gasteiger partial charge on any atom is -0.342 e. The summed E-state index contributed by atoms with van der Waals surface area (Å²) in [6, 6.07) is 5.20. The Labute approximate surface area is 132 Å². The summed E-state index contributed by atoms with van der Waals surface area (Å²) < 4.78 is 38.6. The summed E-state index contributed by atoms with van der Waals surface area (Å²) in [7, 11) is 0. The predicted molar refractivity (Wildman–Crippen MR) is 83.2 cm³/mol. The number of nitrogens with one attached hydrogen (secondary N) is 2. The number of halogens is 3. The van der Waals surface area contributed by atoms with Crippen LogP contribution in [0, 0.1) is 5.92 Å². The Hall–Kier alpha value is -1.34. The van der Waals surface area contributed by atoms with Gasteiger partial charge < -0.3 is 5.32 Å². The maximum atomic E-state index is 12.9. The maximum Gasteiger partial charge on any atom is 0.416 e. The summed E-state index contributed by atoms with van der Waals surface area (Å²) in [5.41, 5.74) is 2.70. The molecule has 1 spiro atoms. The first-order valence-corrected chi connectivity index (χ1v) is 7.77. The molecule has 1 saturated carbocycles. The van der Waals surface area contributed by atoms with E-state index in [9.17, 15) is 13.2 Å². The molecule has 3 nitrogen and oxygen atoms in total. The largest absolute Gasteiger partial charge is 0.416 e. The molecule has 22 heavy (non-hydrogen) atoms. The van der Waals surface area contributed by atoms with E-state index < -0.39 is 11.7 Å². The Morgan fingerprint density at radius 1 is 1.27 bits per heavy atom. The van der Waals surface area contributed by atoms with Gasteiger partial charge in [0.2, 0.25) is 0 Å². The van der Waals surface area contributed by atoms with Crippen molar-refractivity contribution in [3.8, 4) is 0 Å². The molecular weight excluding hydrogens is 311 g/mol. The summed E-state index contributed by atoms with van der Waals surface area (Å²) in [5, 5.41) is 5.24. The van der Waals surface area contributed by atoms with Gasteiger partial charge in [0.1, 0.15) is 5.66 Å². The molecule has 1 aromatic carbocycles. The van der Waals surface area contributed by atoms with Crippen molar-refractivity contribution < 1.29 is 13.2 Å². The van der Waals surface area contributed by atoms with Crippen molar-refractivity contribution in [3.05, 3.63) is 29.8 Å². The van der Waals surface area contributed by atoms with E-state index >= 15 is 0 Å². The van der Waals surface area contributed by atoms with Crippen LogP contribution in [0.2, 0.25) is 0 Å². The molecule has 1 aliphatic heterocycles. The number of alkyl halides is 3. The third kappa shape index (κ3) is 2.92. The molecule has 0 amide bonds. The van der Waals surface area contributed by atoms with Gasteiger partial charge in [-0.1, -0.05) is 13.0 Å². The fourth-order valence-electron chi connectivity index (χ4n) is 3.05. The molecule has 1 saturated heterocycles. The van der Waals surface area contributed by atoms with Crippen molar-refractivity contribution in [1.29, 1.82) is 0 Å². The number of thiocarbonyl (C=S) groups is 1. The van der Waals surface area contributed by atoms with Crippen molar-refractivity contribution >= 4 is 23.0 Å². The van der Waals surface area contributed by atoms with Gasteiger partial charge in [-0.15, -0.1) is 0 Å². The summed E-state index contributed by atoms with van der Waals surface area (Å²) in [6.07, 6.45) is -0.408. The number of rotatable bonds is 1. The fraction of sp³-hybridized carbons (Fsp3) is 0.533. The maximum absolute atomic E-state index is 12.9. The highest BCUT2D eigenvalue weighted by molar-refractivity contribution is 7.80. The summed E-state index contributed by atoms with van der Waals surface area (Å²) in [5.74, 6) is 0.672.